The molecule has 0 aliphatic carbocycles. The highest BCUT2D eigenvalue weighted by atomic mass is 31.2. The lowest BCUT2D eigenvalue weighted by Crippen LogP contribution is -2.23. The Morgan fingerprint density at radius 1 is 1.33 bits per heavy atom. The number of rotatable bonds is 3. The first-order valence-electron chi connectivity index (χ1n) is 5.31. The van der Waals surface area contributed by atoms with Crippen LogP contribution in [-0.4, -0.2) is 19.3 Å². The summed E-state index contributed by atoms with van der Waals surface area (Å²) >= 11 is 0. The smallest absolute Gasteiger partial charge is 0.270 e. The van der Waals surface area contributed by atoms with E-state index >= 15 is 0 Å². The van der Waals surface area contributed by atoms with Crippen molar-refractivity contribution in [1.29, 1.82) is 0 Å². The molecule has 1 aliphatic rings. The van der Waals surface area contributed by atoms with E-state index in [0.717, 1.165) is 19.4 Å². The monoisotopic (exact) mass is 225 g/mol. The van der Waals surface area contributed by atoms with Crippen LogP contribution in [0.1, 0.15) is 12.0 Å². The van der Waals surface area contributed by atoms with Gasteiger partial charge >= 0.3 is 0 Å². The molecule has 1 atom stereocenters. The van der Waals surface area contributed by atoms with Crippen LogP contribution in [0.4, 0.5) is 0 Å². The summed E-state index contributed by atoms with van der Waals surface area (Å²) in [5.74, 6) is 0. The Kier molecular flexibility index (Phi) is 3.57. The first kappa shape index (κ1) is 10.9. The lowest BCUT2D eigenvalue weighted by atomic mass is 10.2. The molecule has 4 heteroatoms. The zero-order valence-corrected chi connectivity index (χ0v) is 9.58. The van der Waals surface area contributed by atoms with E-state index in [2.05, 4.69) is 17.2 Å². The van der Waals surface area contributed by atoms with Crippen molar-refractivity contribution in [2.45, 2.75) is 12.8 Å². The van der Waals surface area contributed by atoms with Gasteiger partial charge in [-0.15, -0.1) is 0 Å². The van der Waals surface area contributed by atoms with Gasteiger partial charge in [-0.05, 0) is 18.4 Å². The molecule has 1 aliphatic heterocycles. The molecule has 0 spiro atoms. The molecule has 0 amide bonds. The van der Waals surface area contributed by atoms with Crippen molar-refractivity contribution in [3.05, 3.63) is 35.9 Å². The van der Waals surface area contributed by atoms with E-state index in [1.54, 1.807) is 0 Å². The van der Waals surface area contributed by atoms with Crippen LogP contribution in [0.25, 0.3) is 0 Å². The Labute approximate surface area is 90.3 Å². The maximum absolute atomic E-state index is 12.1. The molecular weight excluding hydrogens is 209 g/mol. The van der Waals surface area contributed by atoms with Gasteiger partial charge in [-0.25, -0.2) is 5.09 Å². The third-order valence-electron chi connectivity index (χ3n) is 2.51. The molecule has 0 saturated carbocycles. The standard InChI is InChI=1S/C11H16NO2P/c13-15(12-8-4-9-14-15)10-7-11-5-2-1-3-6-11/h1-3,5-6H,4,7-10H2,(H,12,13). The summed E-state index contributed by atoms with van der Waals surface area (Å²) in [6.45, 7) is 1.44. The third kappa shape index (κ3) is 3.16. The van der Waals surface area contributed by atoms with Crippen molar-refractivity contribution in [3.63, 3.8) is 0 Å². The van der Waals surface area contributed by atoms with Gasteiger partial charge in [0.2, 0.25) is 0 Å². The largest absolute Gasteiger partial charge is 0.317 e. The summed E-state index contributed by atoms with van der Waals surface area (Å²) in [4.78, 5) is 0. The van der Waals surface area contributed by atoms with E-state index in [0.29, 0.717) is 12.8 Å². The average Bonchev–Trinajstić information content (AvgIpc) is 2.29. The second-order valence-corrected chi connectivity index (χ2v) is 6.10. The van der Waals surface area contributed by atoms with Crippen molar-refractivity contribution >= 4 is 7.52 Å². The van der Waals surface area contributed by atoms with Gasteiger partial charge in [0.15, 0.2) is 0 Å². The van der Waals surface area contributed by atoms with Gasteiger partial charge in [0.25, 0.3) is 7.52 Å². The van der Waals surface area contributed by atoms with E-state index < -0.39 is 7.52 Å². The second kappa shape index (κ2) is 4.93. The molecule has 82 valence electrons. The number of nitrogens with one attached hydrogen (secondary N) is 1. The van der Waals surface area contributed by atoms with Crippen LogP contribution < -0.4 is 5.09 Å². The number of benzene rings is 1. The van der Waals surface area contributed by atoms with Crippen molar-refractivity contribution in [3.8, 4) is 0 Å². The minimum atomic E-state index is -2.53. The first-order valence-corrected chi connectivity index (χ1v) is 7.12. The SMILES string of the molecule is O=P1(CCc2ccccc2)NCCCO1. The molecule has 3 nitrogen and oxygen atoms in total. The van der Waals surface area contributed by atoms with Crippen molar-refractivity contribution in [1.82, 2.24) is 5.09 Å². The Hall–Kier alpha value is -0.630. The molecular formula is C11H16NO2P. The van der Waals surface area contributed by atoms with Crippen molar-refractivity contribution in [2.24, 2.45) is 0 Å². The molecule has 1 heterocycles. The highest BCUT2D eigenvalue weighted by Gasteiger charge is 2.24. The summed E-state index contributed by atoms with van der Waals surface area (Å²) in [6, 6.07) is 10.1. The predicted molar refractivity (Wildman–Crippen MR) is 61.2 cm³/mol. The van der Waals surface area contributed by atoms with Crippen molar-refractivity contribution < 1.29 is 9.09 Å². The summed E-state index contributed by atoms with van der Waals surface area (Å²) in [7, 11) is -2.53. The Bertz CT molecular complexity index is 343. The quantitative estimate of drug-likeness (QED) is 0.803. The normalized spacial score (nSPS) is 26.4. The summed E-state index contributed by atoms with van der Waals surface area (Å²) in [6.07, 6.45) is 2.36. The molecule has 0 bridgehead atoms. The Morgan fingerprint density at radius 3 is 2.80 bits per heavy atom. The van der Waals surface area contributed by atoms with E-state index in [1.165, 1.54) is 5.56 Å². The fourth-order valence-corrected chi connectivity index (χ4v) is 3.50. The molecule has 1 N–H and O–H groups in total. The number of hydrogen-bond acceptors (Lipinski definition) is 2. The van der Waals surface area contributed by atoms with E-state index in [-0.39, 0.29) is 0 Å². The first-order chi connectivity index (χ1) is 7.29. The van der Waals surface area contributed by atoms with E-state index in [1.807, 2.05) is 18.2 Å². The molecule has 1 saturated heterocycles. The summed E-state index contributed by atoms with van der Waals surface area (Å²) in [5, 5.41) is 3.00. The van der Waals surface area contributed by atoms with Gasteiger partial charge in [0.1, 0.15) is 0 Å². The van der Waals surface area contributed by atoms with Gasteiger partial charge in [-0.3, -0.25) is 4.57 Å². The van der Waals surface area contributed by atoms with Gasteiger partial charge in [0.05, 0.1) is 6.61 Å². The fourth-order valence-electron chi connectivity index (χ4n) is 1.64. The van der Waals surface area contributed by atoms with E-state index in [9.17, 15) is 4.57 Å². The lowest BCUT2D eigenvalue weighted by molar-refractivity contribution is 0.277. The van der Waals surface area contributed by atoms with Crippen LogP contribution in [0.2, 0.25) is 0 Å². The van der Waals surface area contributed by atoms with Gasteiger partial charge in [-0.2, -0.15) is 0 Å². The molecule has 1 fully saturated rings. The molecule has 1 aromatic carbocycles. The van der Waals surface area contributed by atoms with Gasteiger partial charge < -0.3 is 4.52 Å². The van der Waals surface area contributed by atoms with Crippen LogP contribution in [0.15, 0.2) is 30.3 Å². The van der Waals surface area contributed by atoms with Crippen LogP contribution in [0.3, 0.4) is 0 Å². The zero-order chi connectivity index (χ0) is 10.6. The summed E-state index contributed by atoms with van der Waals surface area (Å²) in [5.41, 5.74) is 1.21. The van der Waals surface area contributed by atoms with Gasteiger partial charge in [-0.1, -0.05) is 30.3 Å². The Balaban J connectivity index is 1.90. The highest BCUT2D eigenvalue weighted by molar-refractivity contribution is 7.56. The topological polar surface area (TPSA) is 38.3 Å². The highest BCUT2D eigenvalue weighted by Crippen LogP contribution is 2.44. The minimum absolute atomic E-state index is 0.594. The third-order valence-corrected chi connectivity index (χ3v) is 4.63. The summed E-state index contributed by atoms with van der Waals surface area (Å²) < 4.78 is 17.4. The van der Waals surface area contributed by atoms with E-state index in [4.69, 9.17) is 4.52 Å². The molecule has 1 aromatic rings. The van der Waals surface area contributed by atoms with Gasteiger partial charge in [0, 0.05) is 12.7 Å². The minimum Gasteiger partial charge on any atom is -0.317 e. The molecule has 15 heavy (non-hydrogen) atoms. The zero-order valence-electron chi connectivity index (χ0n) is 8.69. The van der Waals surface area contributed by atoms with Crippen LogP contribution in [-0.2, 0) is 15.5 Å². The van der Waals surface area contributed by atoms with Crippen LogP contribution in [0.5, 0.6) is 0 Å². The molecule has 0 radical (unpaired) electrons. The maximum atomic E-state index is 12.1. The van der Waals surface area contributed by atoms with Crippen molar-refractivity contribution in [2.75, 3.05) is 19.3 Å². The second-order valence-electron chi connectivity index (χ2n) is 3.73. The maximum Gasteiger partial charge on any atom is 0.270 e. The van der Waals surface area contributed by atoms with Crippen LogP contribution >= 0.6 is 7.52 Å². The fraction of sp³-hybridized carbons (Fsp3) is 0.455. The number of aryl methyl sites for hydroxylation is 1. The number of hydrogen-bond donors (Lipinski definition) is 1. The Morgan fingerprint density at radius 2 is 2.13 bits per heavy atom. The molecule has 2 rings (SSSR count). The average molecular weight is 225 g/mol. The molecule has 1 unspecified atom stereocenters. The lowest BCUT2D eigenvalue weighted by Gasteiger charge is -2.24. The van der Waals surface area contributed by atoms with Crippen LogP contribution in [0, 0.1) is 0 Å². The molecule has 0 aromatic heterocycles. The predicted octanol–water partition coefficient (Wildman–Crippen LogP) is 2.43.